The number of hydrogen-bond acceptors (Lipinski definition) is 2. The minimum atomic E-state index is -0.678. The summed E-state index contributed by atoms with van der Waals surface area (Å²) in [5.41, 5.74) is 0. The summed E-state index contributed by atoms with van der Waals surface area (Å²) in [6, 6.07) is 0. The molecule has 3 heteroatoms. The van der Waals surface area contributed by atoms with Crippen LogP contribution >= 0.6 is 0 Å². The Hall–Kier alpha value is -0.570. The second-order valence-corrected chi connectivity index (χ2v) is 4.92. The molecule has 0 radical (unpaired) electrons. The number of hydrogen-bond donors (Lipinski definition) is 1. The molecule has 0 aromatic rings. The fourth-order valence-electron chi connectivity index (χ4n) is 1.83. The van der Waals surface area contributed by atoms with Crippen LogP contribution in [-0.2, 0) is 4.79 Å². The van der Waals surface area contributed by atoms with Crippen LogP contribution in [0, 0.1) is 11.8 Å². The van der Waals surface area contributed by atoms with Gasteiger partial charge < -0.3 is 10.0 Å². The smallest absolute Gasteiger partial charge is 0.306 e. The van der Waals surface area contributed by atoms with Crippen LogP contribution in [0.3, 0.4) is 0 Å². The lowest BCUT2D eigenvalue weighted by atomic mass is 9.83. The first-order chi connectivity index (χ1) is 7.09. The normalized spacial score (nSPS) is 18.9. The summed E-state index contributed by atoms with van der Waals surface area (Å²) in [6.07, 6.45) is 6.26. The van der Waals surface area contributed by atoms with Gasteiger partial charge >= 0.3 is 5.97 Å². The molecule has 1 aliphatic carbocycles. The SMILES string of the molecule is CC(CCN(C)CCC1CCC1)C(=O)O. The Labute approximate surface area is 92.5 Å². The first-order valence-corrected chi connectivity index (χ1v) is 6.01. The molecule has 1 aliphatic rings. The van der Waals surface area contributed by atoms with Crippen LogP contribution in [0.4, 0.5) is 0 Å². The van der Waals surface area contributed by atoms with Crippen LogP contribution < -0.4 is 0 Å². The van der Waals surface area contributed by atoms with E-state index in [9.17, 15) is 4.79 Å². The third-order valence-electron chi connectivity index (χ3n) is 3.51. The van der Waals surface area contributed by atoms with E-state index in [0.29, 0.717) is 0 Å². The summed E-state index contributed by atoms with van der Waals surface area (Å²) in [4.78, 5) is 12.9. The molecule has 1 N–H and O–H groups in total. The summed E-state index contributed by atoms with van der Waals surface area (Å²) in [5.74, 6) is 0.0582. The van der Waals surface area contributed by atoms with Gasteiger partial charge in [-0.3, -0.25) is 4.79 Å². The fraction of sp³-hybridized carbons (Fsp3) is 0.917. The molecule has 0 saturated heterocycles. The summed E-state index contributed by atoms with van der Waals surface area (Å²) in [5, 5.41) is 8.74. The quantitative estimate of drug-likeness (QED) is 0.705. The van der Waals surface area contributed by atoms with Gasteiger partial charge in [-0.25, -0.2) is 0 Å². The molecule has 0 aromatic carbocycles. The third kappa shape index (κ3) is 4.65. The van der Waals surface area contributed by atoms with E-state index in [0.717, 1.165) is 25.4 Å². The van der Waals surface area contributed by atoms with Crippen molar-refractivity contribution in [3.8, 4) is 0 Å². The van der Waals surface area contributed by atoms with Crippen molar-refractivity contribution in [2.24, 2.45) is 11.8 Å². The van der Waals surface area contributed by atoms with Gasteiger partial charge in [-0.1, -0.05) is 26.2 Å². The zero-order valence-corrected chi connectivity index (χ0v) is 9.91. The predicted octanol–water partition coefficient (Wildman–Crippen LogP) is 2.22. The van der Waals surface area contributed by atoms with Gasteiger partial charge in [0.15, 0.2) is 0 Å². The van der Waals surface area contributed by atoms with Gasteiger partial charge in [0.1, 0.15) is 0 Å². The topological polar surface area (TPSA) is 40.5 Å². The predicted molar refractivity (Wildman–Crippen MR) is 60.9 cm³/mol. The molecule has 1 rings (SSSR count). The number of carbonyl (C=O) groups is 1. The average Bonchev–Trinajstić information content (AvgIpc) is 2.11. The molecule has 0 bridgehead atoms. The zero-order chi connectivity index (χ0) is 11.3. The maximum atomic E-state index is 10.6. The average molecular weight is 213 g/mol. The summed E-state index contributed by atoms with van der Waals surface area (Å²) in [6.45, 7) is 3.80. The van der Waals surface area contributed by atoms with Crippen LogP contribution in [0.5, 0.6) is 0 Å². The monoisotopic (exact) mass is 213 g/mol. The molecule has 0 spiro atoms. The number of rotatable bonds is 7. The first kappa shape index (κ1) is 12.5. The van der Waals surface area contributed by atoms with Gasteiger partial charge in [-0.2, -0.15) is 0 Å². The van der Waals surface area contributed by atoms with E-state index in [2.05, 4.69) is 11.9 Å². The molecule has 1 fully saturated rings. The molecular formula is C12H23NO2. The fourth-order valence-corrected chi connectivity index (χ4v) is 1.83. The van der Waals surface area contributed by atoms with E-state index in [1.807, 2.05) is 0 Å². The number of aliphatic carboxylic acids is 1. The Morgan fingerprint density at radius 2 is 2.13 bits per heavy atom. The second kappa shape index (κ2) is 6.11. The van der Waals surface area contributed by atoms with Gasteiger partial charge in [0.05, 0.1) is 5.92 Å². The van der Waals surface area contributed by atoms with Gasteiger partial charge in [0.25, 0.3) is 0 Å². The third-order valence-corrected chi connectivity index (χ3v) is 3.51. The molecule has 88 valence electrons. The van der Waals surface area contributed by atoms with Crippen molar-refractivity contribution in [1.82, 2.24) is 4.90 Å². The van der Waals surface area contributed by atoms with Crippen molar-refractivity contribution in [2.45, 2.75) is 39.0 Å². The summed E-state index contributed by atoms with van der Waals surface area (Å²) in [7, 11) is 2.09. The summed E-state index contributed by atoms with van der Waals surface area (Å²) >= 11 is 0. The molecule has 0 aliphatic heterocycles. The van der Waals surface area contributed by atoms with Crippen molar-refractivity contribution in [2.75, 3.05) is 20.1 Å². The second-order valence-electron chi connectivity index (χ2n) is 4.92. The lowest BCUT2D eigenvalue weighted by Crippen LogP contribution is -2.27. The van der Waals surface area contributed by atoms with Crippen LogP contribution in [0.1, 0.15) is 39.0 Å². The van der Waals surface area contributed by atoms with E-state index in [-0.39, 0.29) is 5.92 Å². The molecule has 0 heterocycles. The standard InChI is InChI=1S/C12H23NO2/c1-10(12(14)15)6-8-13(2)9-7-11-4-3-5-11/h10-11H,3-9H2,1-2H3,(H,14,15). The molecule has 0 aromatic heterocycles. The maximum Gasteiger partial charge on any atom is 0.306 e. The molecular weight excluding hydrogens is 190 g/mol. The molecule has 3 nitrogen and oxygen atoms in total. The Bertz CT molecular complexity index is 202. The number of nitrogens with zero attached hydrogens (tertiary/aromatic N) is 1. The Morgan fingerprint density at radius 3 is 2.60 bits per heavy atom. The minimum absolute atomic E-state index is 0.212. The van der Waals surface area contributed by atoms with Crippen molar-refractivity contribution < 1.29 is 9.90 Å². The van der Waals surface area contributed by atoms with Crippen LogP contribution in [-0.4, -0.2) is 36.1 Å². The lowest BCUT2D eigenvalue weighted by Gasteiger charge is -2.27. The van der Waals surface area contributed by atoms with E-state index in [1.54, 1.807) is 6.92 Å². The first-order valence-electron chi connectivity index (χ1n) is 6.01. The van der Waals surface area contributed by atoms with E-state index in [4.69, 9.17) is 5.11 Å². The van der Waals surface area contributed by atoms with Crippen molar-refractivity contribution in [1.29, 1.82) is 0 Å². The summed E-state index contributed by atoms with van der Waals surface area (Å²) < 4.78 is 0. The molecule has 0 amide bonds. The minimum Gasteiger partial charge on any atom is -0.481 e. The Morgan fingerprint density at radius 1 is 1.47 bits per heavy atom. The largest absolute Gasteiger partial charge is 0.481 e. The zero-order valence-electron chi connectivity index (χ0n) is 9.91. The van der Waals surface area contributed by atoms with Crippen LogP contribution in [0.15, 0.2) is 0 Å². The van der Waals surface area contributed by atoms with E-state index >= 15 is 0 Å². The molecule has 1 unspecified atom stereocenters. The molecule has 1 atom stereocenters. The lowest BCUT2D eigenvalue weighted by molar-refractivity contribution is -0.141. The number of carboxylic acids is 1. The molecule has 15 heavy (non-hydrogen) atoms. The van der Waals surface area contributed by atoms with Gasteiger partial charge in [-0.15, -0.1) is 0 Å². The highest BCUT2D eigenvalue weighted by Crippen LogP contribution is 2.29. The number of carboxylic acid groups (broad SMARTS) is 1. The highest BCUT2D eigenvalue weighted by atomic mass is 16.4. The Balaban J connectivity index is 2.01. The van der Waals surface area contributed by atoms with Gasteiger partial charge in [-0.05, 0) is 38.9 Å². The maximum absolute atomic E-state index is 10.6. The Kier molecular flexibility index (Phi) is 5.09. The van der Waals surface area contributed by atoms with Crippen LogP contribution in [0.2, 0.25) is 0 Å². The van der Waals surface area contributed by atoms with Crippen LogP contribution in [0.25, 0.3) is 0 Å². The highest BCUT2D eigenvalue weighted by molar-refractivity contribution is 5.69. The molecule has 1 saturated carbocycles. The van der Waals surface area contributed by atoms with Gasteiger partial charge in [0, 0.05) is 0 Å². The van der Waals surface area contributed by atoms with Crippen molar-refractivity contribution >= 4 is 5.97 Å². The van der Waals surface area contributed by atoms with Crippen molar-refractivity contribution in [3.63, 3.8) is 0 Å². The van der Waals surface area contributed by atoms with E-state index < -0.39 is 5.97 Å². The van der Waals surface area contributed by atoms with E-state index in [1.165, 1.54) is 25.7 Å². The van der Waals surface area contributed by atoms with Crippen molar-refractivity contribution in [3.05, 3.63) is 0 Å². The van der Waals surface area contributed by atoms with Gasteiger partial charge in [0.2, 0.25) is 0 Å². The highest BCUT2D eigenvalue weighted by Gasteiger charge is 2.18.